The standard InChI is InChI=1S/C21H25N5O2/c1-16-4-5-18(27-2)17(12-16)21(6-10-28-11-7-21)15-23-19-13-22-14-20(25-19)26-9-3-8-24-26/h3-5,8-9,12-14H,6-7,10-11,15H2,1-2H3,(H,23,25). The molecule has 3 aromatic rings. The molecule has 1 fully saturated rings. The molecule has 146 valence electrons. The van der Waals surface area contributed by atoms with Crippen molar-refractivity contribution in [3.63, 3.8) is 0 Å². The monoisotopic (exact) mass is 379 g/mol. The molecule has 1 N–H and O–H groups in total. The second-order valence-corrected chi connectivity index (χ2v) is 7.16. The van der Waals surface area contributed by atoms with E-state index >= 15 is 0 Å². The summed E-state index contributed by atoms with van der Waals surface area (Å²) in [4.78, 5) is 8.96. The molecular weight excluding hydrogens is 354 g/mol. The minimum absolute atomic E-state index is 0.0843. The lowest BCUT2D eigenvalue weighted by atomic mass is 9.73. The molecule has 7 nitrogen and oxygen atoms in total. The first-order valence-electron chi connectivity index (χ1n) is 9.49. The van der Waals surface area contributed by atoms with Crippen LogP contribution in [0.5, 0.6) is 5.75 Å². The number of hydrogen-bond acceptors (Lipinski definition) is 6. The minimum Gasteiger partial charge on any atom is -0.496 e. The molecule has 0 unspecified atom stereocenters. The van der Waals surface area contributed by atoms with Crippen LogP contribution in [0, 0.1) is 6.92 Å². The first kappa shape index (κ1) is 18.4. The van der Waals surface area contributed by atoms with Crippen molar-refractivity contribution in [2.24, 2.45) is 0 Å². The molecule has 0 aliphatic carbocycles. The van der Waals surface area contributed by atoms with E-state index in [4.69, 9.17) is 9.47 Å². The Hall–Kier alpha value is -2.93. The van der Waals surface area contributed by atoms with E-state index in [1.165, 1.54) is 11.1 Å². The lowest BCUT2D eigenvalue weighted by Crippen LogP contribution is -2.40. The maximum absolute atomic E-state index is 5.69. The predicted molar refractivity (Wildman–Crippen MR) is 107 cm³/mol. The van der Waals surface area contributed by atoms with Gasteiger partial charge in [-0.15, -0.1) is 0 Å². The number of benzene rings is 1. The van der Waals surface area contributed by atoms with Gasteiger partial charge in [0.1, 0.15) is 11.6 Å². The first-order valence-corrected chi connectivity index (χ1v) is 9.49. The van der Waals surface area contributed by atoms with E-state index in [1.807, 2.05) is 12.3 Å². The highest BCUT2D eigenvalue weighted by Crippen LogP contribution is 2.40. The van der Waals surface area contributed by atoms with Crippen LogP contribution in [0.4, 0.5) is 5.82 Å². The first-order chi connectivity index (χ1) is 13.7. The molecule has 7 heteroatoms. The molecule has 0 radical (unpaired) electrons. The molecule has 3 heterocycles. The van der Waals surface area contributed by atoms with Gasteiger partial charge in [-0.3, -0.25) is 4.98 Å². The molecule has 1 aliphatic rings. The molecule has 0 bridgehead atoms. The highest BCUT2D eigenvalue weighted by Gasteiger charge is 2.37. The van der Waals surface area contributed by atoms with Gasteiger partial charge < -0.3 is 14.8 Å². The summed E-state index contributed by atoms with van der Waals surface area (Å²) in [5.41, 5.74) is 2.36. The largest absolute Gasteiger partial charge is 0.496 e. The Labute approximate surface area is 164 Å². The Kier molecular flexibility index (Phi) is 5.25. The van der Waals surface area contributed by atoms with Crippen molar-refractivity contribution in [3.8, 4) is 11.6 Å². The van der Waals surface area contributed by atoms with Gasteiger partial charge in [0.25, 0.3) is 0 Å². The number of nitrogens with one attached hydrogen (secondary N) is 1. The zero-order valence-electron chi connectivity index (χ0n) is 16.3. The highest BCUT2D eigenvalue weighted by molar-refractivity contribution is 5.45. The number of aromatic nitrogens is 4. The number of anilines is 1. The topological polar surface area (TPSA) is 74.1 Å². The van der Waals surface area contributed by atoms with Crippen molar-refractivity contribution in [1.29, 1.82) is 0 Å². The lowest BCUT2D eigenvalue weighted by Gasteiger charge is -2.39. The van der Waals surface area contributed by atoms with E-state index in [-0.39, 0.29) is 5.41 Å². The molecule has 1 aromatic carbocycles. The molecule has 2 aromatic heterocycles. The number of rotatable bonds is 6. The second-order valence-electron chi connectivity index (χ2n) is 7.16. The van der Waals surface area contributed by atoms with Crippen LogP contribution in [0.3, 0.4) is 0 Å². The SMILES string of the molecule is COc1ccc(C)cc1C1(CNc2cncc(-n3cccn3)n2)CCOCC1. The van der Waals surface area contributed by atoms with E-state index in [0.717, 1.165) is 44.2 Å². The van der Waals surface area contributed by atoms with Crippen molar-refractivity contribution in [1.82, 2.24) is 19.7 Å². The van der Waals surface area contributed by atoms with Crippen LogP contribution >= 0.6 is 0 Å². The molecule has 0 spiro atoms. The molecule has 0 atom stereocenters. The van der Waals surface area contributed by atoms with Gasteiger partial charge in [-0.25, -0.2) is 9.67 Å². The van der Waals surface area contributed by atoms with Crippen molar-refractivity contribution in [2.45, 2.75) is 25.2 Å². The molecule has 1 aliphatic heterocycles. The smallest absolute Gasteiger partial charge is 0.173 e. The predicted octanol–water partition coefficient (Wildman–Crippen LogP) is 3.14. The van der Waals surface area contributed by atoms with Gasteiger partial charge in [0.05, 0.1) is 19.5 Å². The van der Waals surface area contributed by atoms with E-state index in [2.05, 4.69) is 45.5 Å². The van der Waals surface area contributed by atoms with Gasteiger partial charge in [0, 0.05) is 43.1 Å². The summed E-state index contributed by atoms with van der Waals surface area (Å²) in [6.07, 6.45) is 8.87. The van der Waals surface area contributed by atoms with Crippen LogP contribution in [0.25, 0.3) is 5.82 Å². The fraction of sp³-hybridized carbons (Fsp3) is 0.381. The van der Waals surface area contributed by atoms with Crippen molar-refractivity contribution >= 4 is 5.82 Å². The van der Waals surface area contributed by atoms with Crippen molar-refractivity contribution in [2.75, 3.05) is 32.2 Å². The number of methoxy groups -OCH3 is 1. The third-order valence-electron chi connectivity index (χ3n) is 5.35. The van der Waals surface area contributed by atoms with Crippen molar-refractivity contribution in [3.05, 3.63) is 60.2 Å². The second kappa shape index (κ2) is 7.98. The molecule has 0 saturated carbocycles. The fourth-order valence-corrected chi connectivity index (χ4v) is 3.76. The molecular formula is C21H25N5O2. The van der Waals surface area contributed by atoms with Gasteiger partial charge in [-0.2, -0.15) is 5.10 Å². The average molecular weight is 379 g/mol. The summed E-state index contributed by atoms with van der Waals surface area (Å²) in [6.45, 7) is 4.31. The maximum Gasteiger partial charge on any atom is 0.173 e. The van der Waals surface area contributed by atoms with E-state index in [9.17, 15) is 0 Å². The van der Waals surface area contributed by atoms with E-state index in [1.54, 1.807) is 30.4 Å². The Bertz CT molecular complexity index is 920. The number of nitrogens with zero attached hydrogens (tertiary/aromatic N) is 4. The van der Waals surface area contributed by atoms with Gasteiger partial charge in [-0.05, 0) is 31.9 Å². The maximum atomic E-state index is 5.69. The van der Waals surface area contributed by atoms with E-state index < -0.39 is 0 Å². The third-order valence-corrected chi connectivity index (χ3v) is 5.35. The average Bonchev–Trinajstić information content (AvgIpc) is 3.28. The minimum atomic E-state index is -0.0843. The highest BCUT2D eigenvalue weighted by atomic mass is 16.5. The summed E-state index contributed by atoms with van der Waals surface area (Å²) in [5.74, 6) is 2.33. The fourth-order valence-electron chi connectivity index (χ4n) is 3.76. The lowest BCUT2D eigenvalue weighted by molar-refractivity contribution is 0.0535. The van der Waals surface area contributed by atoms with Crippen LogP contribution in [0.15, 0.2) is 49.1 Å². The van der Waals surface area contributed by atoms with E-state index in [0.29, 0.717) is 5.82 Å². The molecule has 0 amide bonds. The quantitative estimate of drug-likeness (QED) is 0.709. The number of hydrogen-bond donors (Lipinski definition) is 1. The van der Waals surface area contributed by atoms with Gasteiger partial charge >= 0.3 is 0 Å². The Morgan fingerprint density at radius 3 is 2.86 bits per heavy atom. The van der Waals surface area contributed by atoms with Gasteiger partial charge in [0.2, 0.25) is 0 Å². The molecule has 1 saturated heterocycles. The number of aryl methyl sites for hydroxylation is 1. The zero-order valence-corrected chi connectivity index (χ0v) is 16.3. The molecule has 28 heavy (non-hydrogen) atoms. The third kappa shape index (κ3) is 3.71. The van der Waals surface area contributed by atoms with Crippen LogP contribution in [-0.2, 0) is 10.2 Å². The summed E-state index contributed by atoms with van der Waals surface area (Å²) in [7, 11) is 1.73. The summed E-state index contributed by atoms with van der Waals surface area (Å²) in [6, 6.07) is 8.24. The van der Waals surface area contributed by atoms with Crippen LogP contribution in [-0.4, -0.2) is 46.6 Å². The number of ether oxygens (including phenoxy) is 2. The summed E-state index contributed by atoms with van der Waals surface area (Å²) < 4.78 is 13.1. The molecule has 4 rings (SSSR count). The van der Waals surface area contributed by atoms with Crippen molar-refractivity contribution < 1.29 is 9.47 Å². The van der Waals surface area contributed by atoms with Gasteiger partial charge in [-0.1, -0.05) is 17.7 Å². The Balaban J connectivity index is 1.62. The summed E-state index contributed by atoms with van der Waals surface area (Å²) in [5, 5.41) is 7.73. The van der Waals surface area contributed by atoms with Gasteiger partial charge in [0.15, 0.2) is 5.82 Å². The Morgan fingerprint density at radius 2 is 2.11 bits per heavy atom. The van der Waals surface area contributed by atoms with Crippen LogP contribution in [0.2, 0.25) is 0 Å². The Morgan fingerprint density at radius 1 is 1.25 bits per heavy atom. The summed E-state index contributed by atoms with van der Waals surface area (Å²) >= 11 is 0. The zero-order chi connectivity index (χ0) is 19.4. The van der Waals surface area contributed by atoms with Crippen LogP contribution in [0.1, 0.15) is 24.0 Å². The van der Waals surface area contributed by atoms with Crippen LogP contribution < -0.4 is 10.1 Å². The normalized spacial score (nSPS) is 15.9.